The SMILES string of the molecule is CC1CC1.CCCN1CC(C(N)=O)C=C2c3cccc4[nH]cc(c34)CC21. The second-order valence-electron chi connectivity index (χ2n) is 8.07. The van der Waals surface area contributed by atoms with Gasteiger partial charge in [0.25, 0.3) is 0 Å². The highest BCUT2D eigenvalue weighted by Crippen LogP contribution is 2.41. The number of nitrogens with one attached hydrogen (secondary N) is 1. The largest absolute Gasteiger partial charge is 0.369 e. The summed E-state index contributed by atoms with van der Waals surface area (Å²) in [4.78, 5) is 17.6. The van der Waals surface area contributed by atoms with Crippen LogP contribution in [0.25, 0.3) is 16.5 Å². The van der Waals surface area contributed by atoms with Gasteiger partial charge in [0.1, 0.15) is 0 Å². The summed E-state index contributed by atoms with van der Waals surface area (Å²) in [6.45, 7) is 6.21. The van der Waals surface area contributed by atoms with Crippen molar-refractivity contribution in [3.05, 3.63) is 41.6 Å². The minimum atomic E-state index is -0.223. The standard InChI is InChI=1S/C18H21N3O.C4H8/c1-2-6-21-10-12(18(19)22)7-14-13-4-3-5-15-17(13)11(9-20-15)8-16(14)21;1-4-2-3-4/h3-5,7,9,12,16,20H,2,6,8,10H2,1H3,(H2,19,22);4H,2-3H2,1H3. The van der Waals surface area contributed by atoms with Crippen molar-refractivity contribution >= 4 is 22.4 Å². The van der Waals surface area contributed by atoms with Crippen LogP contribution in [0.1, 0.15) is 44.2 Å². The molecule has 2 atom stereocenters. The number of hydrogen-bond acceptors (Lipinski definition) is 2. The van der Waals surface area contributed by atoms with E-state index in [4.69, 9.17) is 5.73 Å². The van der Waals surface area contributed by atoms with Crippen LogP contribution in [0.3, 0.4) is 0 Å². The molecule has 0 bridgehead atoms. The van der Waals surface area contributed by atoms with Gasteiger partial charge in [-0.25, -0.2) is 0 Å². The highest BCUT2D eigenvalue weighted by Gasteiger charge is 2.36. The molecule has 4 heteroatoms. The predicted molar refractivity (Wildman–Crippen MR) is 107 cm³/mol. The third-order valence-electron chi connectivity index (χ3n) is 5.87. The van der Waals surface area contributed by atoms with Gasteiger partial charge in [-0.05, 0) is 48.1 Å². The van der Waals surface area contributed by atoms with Crippen LogP contribution < -0.4 is 5.73 Å². The third-order valence-corrected chi connectivity index (χ3v) is 5.87. The van der Waals surface area contributed by atoms with E-state index in [-0.39, 0.29) is 11.8 Å². The smallest absolute Gasteiger partial charge is 0.225 e. The van der Waals surface area contributed by atoms with E-state index in [0.29, 0.717) is 6.04 Å². The average molecular weight is 351 g/mol. The molecule has 26 heavy (non-hydrogen) atoms. The Balaban J connectivity index is 0.000000373. The first-order valence-electron chi connectivity index (χ1n) is 9.93. The number of carbonyl (C=O) groups excluding carboxylic acids is 1. The Morgan fingerprint density at radius 2 is 2.12 bits per heavy atom. The van der Waals surface area contributed by atoms with E-state index in [2.05, 4.69) is 54.2 Å². The molecule has 2 unspecified atom stereocenters. The van der Waals surface area contributed by atoms with Crippen LogP contribution in [0, 0.1) is 11.8 Å². The fourth-order valence-electron chi connectivity index (χ4n) is 4.20. The predicted octanol–water partition coefficient (Wildman–Crippen LogP) is 3.72. The van der Waals surface area contributed by atoms with E-state index >= 15 is 0 Å². The van der Waals surface area contributed by atoms with Crippen LogP contribution in [0.2, 0.25) is 0 Å². The van der Waals surface area contributed by atoms with E-state index < -0.39 is 0 Å². The molecule has 0 spiro atoms. The first-order valence-corrected chi connectivity index (χ1v) is 9.93. The first-order chi connectivity index (χ1) is 12.6. The zero-order valence-electron chi connectivity index (χ0n) is 15.8. The number of primary amides is 1. The minimum absolute atomic E-state index is 0.187. The van der Waals surface area contributed by atoms with Crippen molar-refractivity contribution in [2.45, 2.75) is 45.6 Å². The van der Waals surface area contributed by atoms with Crippen molar-refractivity contribution in [2.24, 2.45) is 17.6 Å². The van der Waals surface area contributed by atoms with Crippen molar-refractivity contribution in [2.75, 3.05) is 13.1 Å². The maximum absolute atomic E-state index is 11.8. The summed E-state index contributed by atoms with van der Waals surface area (Å²) in [5.41, 5.74) is 10.7. The molecule has 138 valence electrons. The molecule has 1 fully saturated rings. The van der Waals surface area contributed by atoms with Crippen LogP contribution >= 0.6 is 0 Å². The molecular weight excluding hydrogens is 322 g/mol. The maximum atomic E-state index is 11.8. The maximum Gasteiger partial charge on any atom is 0.225 e. The van der Waals surface area contributed by atoms with Gasteiger partial charge in [0, 0.05) is 29.7 Å². The number of H-pyrrole nitrogens is 1. The topological polar surface area (TPSA) is 62.1 Å². The van der Waals surface area contributed by atoms with Gasteiger partial charge in [-0.2, -0.15) is 0 Å². The van der Waals surface area contributed by atoms with Gasteiger partial charge >= 0.3 is 0 Å². The van der Waals surface area contributed by atoms with Crippen LogP contribution in [-0.4, -0.2) is 34.9 Å². The lowest BCUT2D eigenvalue weighted by Gasteiger charge is -2.41. The Morgan fingerprint density at radius 1 is 1.35 bits per heavy atom. The van der Waals surface area contributed by atoms with E-state index in [9.17, 15) is 4.79 Å². The summed E-state index contributed by atoms with van der Waals surface area (Å²) in [6, 6.07) is 6.73. The van der Waals surface area contributed by atoms with Crippen molar-refractivity contribution < 1.29 is 4.79 Å². The number of nitrogens with two attached hydrogens (primary N) is 1. The van der Waals surface area contributed by atoms with Gasteiger partial charge in [-0.3, -0.25) is 9.69 Å². The van der Waals surface area contributed by atoms with Crippen molar-refractivity contribution in [3.63, 3.8) is 0 Å². The minimum Gasteiger partial charge on any atom is -0.369 e. The zero-order valence-corrected chi connectivity index (χ0v) is 15.8. The highest BCUT2D eigenvalue weighted by atomic mass is 16.1. The van der Waals surface area contributed by atoms with Gasteiger partial charge in [0.2, 0.25) is 5.91 Å². The molecule has 4 nitrogen and oxygen atoms in total. The van der Waals surface area contributed by atoms with Gasteiger partial charge < -0.3 is 10.7 Å². The molecule has 0 radical (unpaired) electrons. The second-order valence-corrected chi connectivity index (χ2v) is 8.07. The Labute approximate surface area is 155 Å². The normalized spacial score (nSPS) is 24.5. The average Bonchev–Trinajstić information content (AvgIpc) is 3.31. The highest BCUT2D eigenvalue weighted by molar-refractivity contribution is 5.99. The van der Waals surface area contributed by atoms with Crippen LogP contribution in [-0.2, 0) is 11.2 Å². The molecule has 2 aromatic rings. The lowest BCUT2D eigenvalue weighted by Crippen LogP contribution is -2.48. The second kappa shape index (κ2) is 6.92. The summed E-state index contributed by atoms with van der Waals surface area (Å²) in [5.74, 6) is 0.674. The summed E-state index contributed by atoms with van der Waals surface area (Å²) in [7, 11) is 0. The quantitative estimate of drug-likeness (QED) is 0.885. The molecule has 5 rings (SSSR count). The van der Waals surface area contributed by atoms with Crippen molar-refractivity contribution in [1.29, 1.82) is 0 Å². The van der Waals surface area contributed by atoms with Crippen LogP contribution in [0.5, 0.6) is 0 Å². The first kappa shape index (κ1) is 17.3. The number of rotatable bonds is 3. The molecule has 3 aliphatic rings. The van der Waals surface area contributed by atoms with Crippen molar-refractivity contribution in [1.82, 2.24) is 9.88 Å². The Morgan fingerprint density at radius 3 is 2.77 bits per heavy atom. The van der Waals surface area contributed by atoms with Gasteiger partial charge in [0.15, 0.2) is 0 Å². The molecule has 1 aromatic carbocycles. The monoisotopic (exact) mass is 351 g/mol. The van der Waals surface area contributed by atoms with E-state index in [0.717, 1.165) is 31.8 Å². The molecule has 1 aromatic heterocycles. The zero-order chi connectivity index (χ0) is 18.3. The van der Waals surface area contributed by atoms with Crippen LogP contribution in [0.4, 0.5) is 0 Å². The molecule has 2 heterocycles. The number of amides is 1. The summed E-state index contributed by atoms with van der Waals surface area (Å²) < 4.78 is 0. The lowest BCUT2D eigenvalue weighted by molar-refractivity contribution is -0.121. The molecule has 1 saturated carbocycles. The number of aromatic nitrogens is 1. The molecule has 1 aliphatic heterocycles. The molecule has 1 amide bonds. The summed E-state index contributed by atoms with van der Waals surface area (Å²) in [5, 5.41) is 1.31. The third kappa shape index (κ3) is 3.18. The van der Waals surface area contributed by atoms with Crippen LogP contribution in [0.15, 0.2) is 30.5 Å². The summed E-state index contributed by atoms with van der Waals surface area (Å²) >= 11 is 0. The fourth-order valence-corrected chi connectivity index (χ4v) is 4.20. The van der Waals surface area contributed by atoms with E-state index in [1.165, 1.54) is 40.4 Å². The van der Waals surface area contributed by atoms with E-state index in [1.807, 2.05) is 0 Å². The molecular formula is C22H29N3O. The number of aromatic amines is 1. The van der Waals surface area contributed by atoms with Gasteiger partial charge in [-0.15, -0.1) is 0 Å². The number of fused-ring (bicyclic) bond motifs is 2. The van der Waals surface area contributed by atoms with Crippen molar-refractivity contribution in [3.8, 4) is 0 Å². The Bertz CT molecular complexity index is 846. The molecule has 3 N–H and O–H groups in total. The lowest BCUT2D eigenvalue weighted by atomic mass is 9.79. The summed E-state index contributed by atoms with van der Waals surface area (Å²) in [6.07, 6.45) is 9.31. The molecule has 0 saturated heterocycles. The number of carbonyl (C=O) groups is 1. The number of benzene rings is 1. The fraction of sp³-hybridized carbons (Fsp3) is 0.500. The Kier molecular flexibility index (Phi) is 4.62. The number of hydrogen-bond donors (Lipinski definition) is 2. The molecule has 2 aliphatic carbocycles. The van der Waals surface area contributed by atoms with Gasteiger partial charge in [0.05, 0.1) is 5.92 Å². The Hall–Kier alpha value is -2.07. The van der Waals surface area contributed by atoms with E-state index in [1.54, 1.807) is 0 Å². The number of nitrogens with zero attached hydrogens (tertiary/aromatic N) is 1. The van der Waals surface area contributed by atoms with Gasteiger partial charge in [-0.1, -0.05) is 44.9 Å².